The fraction of sp³-hybridized carbons (Fsp3) is 0.294. The van der Waals surface area contributed by atoms with Crippen molar-refractivity contribution in [2.45, 2.75) is 19.3 Å². The summed E-state index contributed by atoms with van der Waals surface area (Å²) in [5, 5.41) is 3.39. The van der Waals surface area contributed by atoms with Gasteiger partial charge in [-0.15, -0.1) is 0 Å². The lowest BCUT2D eigenvalue weighted by Crippen LogP contribution is -2.22. The number of likely N-dealkylation sites (N-methyl/N-ethyl adjacent to an activating group) is 1. The van der Waals surface area contributed by atoms with Crippen molar-refractivity contribution in [2.24, 2.45) is 0 Å². The van der Waals surface area contributed by atoms with E-state index in [1.54, 1.807) is 6.07 Å². The first-order chi connectivity index (χ1) is 10.1. The zero-order valence-corrected chi connectivity index (χ0v) is 15.0. The Kier molecular flexibility index (Phi) is 6.40. The van der Waals surface area contributed by atoms with Gasteiger partial charge in [0, 0.05) is 21.4 Å². The second kappa shape index (κ2) is 8.06. The van der Waals surface area contributed by atoms with Crippen molar-refractivity contribution in [1.29, 1.82) is 0 Å². The van der Waals surface area contributed by atoms with Gasteiger partial charge in [0.05, 0.1) is 0 Å². The van der Waals surface area contributed by atoms with Crippen LogP contribution in [0.1, 0.15) is 24.0 Å². The third kappa shape index (κ3) is 5.20. The van der Waals surface area contributed by atoms with Crippen LogP contribution in [0.4, 0.5) is 4.39 Å². The van der Waals surface area contributed by atoms with Crippen molar-refractivity contribution in [1.82, 2.24) is 5.32 Å². The molecule has 2 aromatic rings. The monoisotopic (exact) mass is 413 g/mol. The van der Waals surface area contributed by atoms with Crippen LogP contribution in [0.2, 0.25) is 0 Å². The third-order valence-electron chi connectivity index (χ3n) is 3.39. The Bertz CT molecular complexity index is 564. The van der Waals surface area contributed by atoms with Crippen LogP contribution >= 0.6 is 31.9 Å². The number of rotatable bonds is 6. The van der Waals surface area contributed by atoms with Crippen LogP contribution in [0.25, 0.3) is 0 Å². The van der Waals surface area contributed by atoms with E-state index in [-0.39, 0.29) is 5.82 Å². The van der Waals surface area contributed by atoms with Crippen LogP contribution in [-0.4, -0.2) is 13.1 Å². The van der Waals surface area contributed by atoms with Gasteiger partial charge in [0.2, 0.25) is 0 Å². The summed E-state index contributed by atoms with van der Waals surface area (Å²) >= 11 is 6.82. The Morgan fingerprint density at radius 1 is 1.05 bits per heavy atom. The fourth-order valence-electron chi connectivity index (χ4n) is 2.37. The standard InChI is InChI=1S/C17H18Br2FN/c1-2-21-11-14(13-3-5-15(18)6-4-13)7-12-8-16(19)10-17(20)9-12/h3-6,8-10,14,21H,2,7,11H2,1H3. The van der Waals surface area contributed by atoms with Crippen molar-refractivity contribution in [3.05, 3.63) is 68.4 Å². The highest BCUT2D eigenvalue weighted by Gasteiger charge is 2.13. The summed E-state index contributed by atoms with van der Waals surface area (Å²) in [6, 6.07) is 13.4. The minimum absolute atomic E-state index is 0.197. The molecule has 1 N–H and O–H groups in total. The van der Waals surface area contributed by atoms with Crippen LogP contribution in [0, 0.1) is 5.82 Å². The summed E-state index contributed by atoms with van der Waals surface area (Å²) in [6.07, 6.45) is 0.811. The first-order valence-corrected chi connectivity index (χ1v) is 8.58. The molecule has 0 aliphatic rings. The number of hydrogen-bond donors (Lipinski definition) is 1. The van der Waals surface area contributed by atoms with Gasteiger partial charge in [-0.05, 0) is 54.4 Å². The molecule has 0 amide bonds. The van der Waals surface area contributed by atoms with Crippen molar-refractivity contribution in [3.63, 3.8) is 0 Å². The van der Waals surface area contributed by atoms with E-state index in [1.807, 2.05) is 6.07 Å². The van der Waals surface area contributed by atoms with Crippen LogP contribution < -0.4 is 5.32 Å². The maximum Gasteiger partial charge on any atom is 0.124 e. The molecular formula is C17H18Br2FN. The van der Waals surface area contributed by atoms with E-state index >= 15 is 0 Å². The average Bonchev–Trinajstić information content (AvgIpc) is 2.43. The molecule has 1 atom stereocenters. The van der Waals surface area contributed by atoms with Gasteiger partial charge >= 0.3 is 0 Å². The van der Waals surface area contributed by atoms with Crippen molar-refractivity contribution in [3.8, 4) is 0 Å². The van der Waals surface area contributed by atoms with Crippen molar-refractivity contribution >= 4 is 31.9 Å². The van der Waals surface area contributed by atoms with Crippen molar-refractivity contribution in [2.75, 3.05) is 13.1 Å². The molecule has 0 spiro atoms. The highest BCUT2D eigenvalue weighted by molar-refractivity contribution is 9.10. The number of hydrogen-bond acceptors (Lipinski definition) is 1. The molecule has 0 aromatic heterocycles. The summed E-state index contributed by atoms with van der Waals surface area (Å²) in [4.78, 5) is 0. The quantitative estimate of drug-likeness (QED) is 0.677. The Hall–Kier alpha value is -0.710. The summed E-state index contributed by atoms with van der Waals surface area (Å²) in [5.41, 5.74) is 2.27. The minimum atomic E-state index is -0.197. The highest BCUT2D eigenvalue weighted by Crippen LogP contribution is 2.24. The van der Waals surface area contributed by atoms with E-state index in [1.165, 1.54) is 11.6 Å². The van der Waals surface area contributed by atoms with E-state index in [9.17, 15) is 4.39 Å². The molecule has 1 nitrogen and oxygen atoms in total. The minimum Gasteiger partial charge on any atom is -0.316 e. The molecule has 0 radical (unpaired) electrons. The van der Waals surface area contributed by atoms with Crippen molar-refractivity contribution < 1.29 is 4.39 Å². The van der Waals surface area contributed by atoms with E-state index in [0.29, 0.717) is 5.92 Å². The molecule has 0 fully saturated rings. The molecule has 0 bridgehead atoms. The maximum absolute atomic E-state index is 13.5. The molecular weight excluding hydrogens is 397 g/mol. The van der Waals surface area contributed by atoms with Crippen LogP contribution in [0.5, 0.6) is 0 Å². The van der Waals surface area contributed by atoms with Gasteiger partial charge in [-0.3, -0.25) is 0 Å². The summed E-state index contributed by atoms with van der Waals surface area (Å²) in [5.74, 6) is 0.129. The van der Waals surface area contributed by atoms with Crippen LogP contribution in [0.15, 0.2) is 51.4 Å². The molecule has 0 saturated heterocycles. The van der Waals surface area contributed by atoms with E-state index < -0.39 is 0 Å². The predicted molar refractivity (Wildman–Crippen MR) is 93.2 cm³/mol. The van der Waals surface area contributed by atoms with E-state index in [4.69, 9.17) is 0 Å². The summed E-state index contributed by atoms with van der Waals surface area (Å²) in [6.45, 7) is 3.91. The molecule has 0 saturated carbocycles. The maximum atomic E-state index is 13.5. The predicted octanol–water partition coefficient (Wildman–Crippen LogP) is 5.29. The average molecular weight is 415 g/mol. The van der Waals surface area contributed by atoms with Crippen LogP contribution in [-0.2, 0) is 6.42 Å². The molecule has 4 heteroatoms. The van der Waals surface area contributed by atoms with Gasteiger partial charge in [0.15, 0.2) is 0 Å². The fourth-order valence-corrected chi connectivity index (χ4v) is 3.15. The lowest BCUT2D eigenvalue weighted by molar-refractivity contribution is 0.588. The smallest absolute Gasteiger partial charge is 0.124 e. The van der Waals surface area contributed by atoms with Gasteiger partial charge in [-0.2, -0.15) is 0 Å². The summed E-state index contributed by atoms with van der Waals surface area (Å²) < 4.78 is 15.4. The molecule has 2 aromatic carbocycles. The van der Waals surface area contributed by atoms with Gasteiger partial charge in [0.1, 0.15) is 5.82 Å². The van der Waals surface area contributed by atoms with Gasteiger partial charge in [-0.25, -0.2) is 4.39 Å². The first-order valence-electron chi connectivity index (χ1n) is 6.99. The molecule has 0 aliphatic carbocycles. The second-order valence-electron chi connectivity index (χ2n) is 5.04. The second-order valence-corrected chi connectivity index (χ2v) is 6.87. The number of nitrogens with one attached hydrogen (secondary N) is 1. The lowest BCUT2D eigenvalue weighted by Gasteiger charge is -2.18. The SMILES string of the molecule is CCNCC(Cc1cc(F)cc(Br)c1)c1ccc(Br)cc1. The van der Waals surface area contributed by atoms with Gasteiger partial charge < -0.3 is 5.32 Å². The molecule has 1 unspecified atom stereocenters. The lowest BCUT2D eigenvalue weighted by atomic mass is 9.92. The topological polar surface area (TPSA) is 12.0 Å². The Labute approximate surface area is 142 Å². The van der Waals surface area contributed by atoms with Gasteiger partial charge in [0.25, 0.3) is 0 Å². The largest absolute Gasteiger partial charge is 0.316 e. The zero-order valence-electron chi connectivity index (χ0n) is 11.9. The zero-order chi connectivity index (χ0) is 15.2. The molecule has 0 aliphatic heterocycles. The number of benzene rings is 2. The number of halogens is 3. The molecule has 21 heavy (non-hydrogen) atoms. The third-order valence-corrected chi connectivity index (χ3v) is 4.37. The molecule has 2 rings (SSSR count). The Morgan fingerprint density at radius 2 is 1.76 bits per heavy atom. The Balaban J connectivity index is 2.21. The van der Waals surface area contributed by atoms with E-state index in [0.717, 1.165) is 34.0 Å². The van der Waals surface area contributed by atoms with Gasteiger partial charge in [-0.1, -0.05) is 50.9 Å². The first kappa shape index (κ1) is 16.7. The summed E-state index contributed by atoms with van der Waals surface area (Å²) in [7, 11) is 0. The Morgan fingerprint density at radius 3 is 2.38 bits per heavy atom. The van der Waals surface area contributed by atoms with Crippen LogP contribution in [0.3, 0.4) is 0 Å². The molecule has 0 heterocycles. The highest BCUT2D eigenvalue weighted by atomic mass is 79.9. The van der Waals surface area contributed by atoms with E-state index in [2.05, 4.69) is 68.4 Å². The molecule has 112 valence electrons. The normalized spacial score (nSPS) is 12.4.